The lowest BCUT2D eigenvalue weighted by Gasteiger charge is -2.35. The van der Waals surface area contributed by atoms with E-state index in [1.54, 1.807) is 36.4 Å². The Morgan fingerprint density at radius 2 is 1.72 bits per heavy atom. The number of hydrogen-bond donors (Lipinski definition) is 2. The summed E-state index contributed by atoms with van der Waals surface area (Å²) >= 11 is 6.60. The number of carbonyl (C=O) groups excluding carboxylic acids is 2. The molecule has 186 valence electrons. The van der Waals surface area contributed by atoms with Crippen molar-refractivity contribution in [1.82, 2.24) is 5.32 Å². The summed E-state index contributed by atoms with van der Waals surface area (Å²) < 4.78 is 14.4. The summed E-state index contributed by atoms with van der Waals surface area (Å²) in [5, 5.41) is 6.83. The minimum Gasteiger partial charge on any atom is -0.373 e. The van der Waals surface area contributed by atoms with E-state index in [9.17, 15) is 14.0 Å². The van der Waals surface area contributed by atoms with Gasteiger partial charge in [0.25, 0.3) is 5.91 Å². The van der Waals surface area contributed by atoms with Crippen molar-refractivity contribution < 1.29 is 14.0 Å². The number of halogens is 2. The third-order valence-electron chi connectivity index (χ3n) is 7.05. The molecular formula is C29H29ClFN3O2. The molecule has 2 unspecified atom stereocenters. The van der Waals surface area contributed by atoms with Gasteiger partial charge in [0.05, 0.1) is 0 Å². The molecule has 36 heavy (non-hydrogen) atoms. The van der Waals surface area contributed by atoms with E-state index in [1.165, 1.54) is 17.0 Å². The number of fused-ring (bicyclic) bond motifs is 1. The second-order valence-corrected chi connectivity index (χ2v) is 9.92. The summed E-state index contributed by atoms with van der Waals surface area (Å²) in [6.45, 7) is 0. The van der Waals surface area contributed by atoms with Gasteiger partial charge in [-0.15, -0.1) is 0 Å². The first-order chi connectivity index (χ1) is 17.5. The Kier molecular flexibility index (Phi) is 7.23. The third-order valence-corrected chi connectivity index (χ3v) is 7.40. The van der Waals surface area contributed by atoms with Gasteiger partial charge in [0.1, 0.15) is 17.9 Å². The lowest BCUT2D eigenvalue weighted by Crippen LogP contribution is -2.51. The standard InChI is InChI=1S/C29H29ClFN3O2/c30-24-15-6-5-14-23(24)27(28(35)32-21-11-2-1-3-12-21)34(22-13-8-10-20(31)18-22)29(36)26-17-19-9-4-7-16-25(19)33-26/h4-10,13-16,18,21,26-27,33H,1-3,11-12,17H2,(H,32,35). The molecule has 7 heteroatoms. The Balaban J connectivity index is 1.56. The number of rotatable bonds is 6. The number of benzene rings is 3. The van der Waals surface area contributed by atoms with Crippen molar-refractivity contribution in [3.63, 3.8) is 0 Å². The third kappa shape index (κ3) is 5.09. The van der Waals surface area contributed by atoms with Gasteiger partial charge in [0.2, 0.25) is 5.91 Å². The average Bonchev–Trinajstić information content (AvgIpc) is 3.32. The Morgan fingerprint density at radius 1 is 0.972 bits per heavy atom. The highest BCUT2D eigenvalue weighted by atomic mass is 35.5. The summed E-state index contributed by atoms with van der Waals surface area (Å²) in [6, 6.07) is 19.0. The predicted molar refractivity (Wildman–Crippen MR) is 141 cm³/mol. The minimum atomic E-state index is -1.06. The number of nitrogens with one attached hydrogen (secondary N) is 2. The molecule has 2 aliphatic rings. The van der Waals surface area contributed by atoms with Crippen LogP contribution in [0.3, 0.4) is 0 Å². The van der Waals surface area contributed by atoms with Crippen LogP contribution in [0.4, 0.5) is 15.8 Å². The number of amides is 2. The molecule has 2 amide bonds. The quantitative estimate of drug-likeness (QED) is 0.429. The van der Waals surface area contributed by atoms with E-state index in [0.717, 1.165) is 43.4 Å². The number of nitrogens with zero attached hydrogens (tertiary/aromatic N) is 1. The zero-order valence-electron chi connectivity index (χ0n) is 19.9. The van der Waals surface area contributed by atoms with Gasteiger partial charge in [0, 0.05) is 34.4 Å². The van der Waals surface area contributed by atoms with E-state index >= 15 is 0 Å². The van der Waals surface area contributed by atoms with Crippen LogP contribution in [0.25, 0.3) is 0 Å². The van der Waals surface area contributed by atoms with Gasteiger partial charge in [-0.2, -0.15) is 0 Å². The van der Waals surface area contributed by atoms with Crippen molar-refractivity contribution in [2.45, 2.75) is 56.7 Å². The van der Waals surface area contributed by atoms with Crippen molar-refractivity contribution in [3.8, 4) is 0 Å². The normalized spacial score (nSPS) is 18.1. The fourth-order valence-electron chi connectivity index (χ4n) is 5.27. The van der Waals surface area contributed by atoms with Crippen LogP contribution in [0, 0.1) is 5.82 Å². The second kappa shape index (κ2) is 10.7. The fraction of sp³-hybridized carbons (Fsp3) is 0.310. The van der Waals surface area contributed by atoms with Crippen LogP contribution in [-0.2, 0) is 16.0 Å². The molecule has 5 nitrogen and oxygen atoms in total. The smallest absolute Gasteiger partial charge is 0.250 e. The van der Waals surface area contributed by atoms with E-state index in [2.05, 4.69) is 10.6 Å². The van der Waals surface area contributed by atoms with Crippen LogP contribution < -0.4 is 15.5 Å². The fourth-order valence-corrected chi connectivity index (χ4v) is 5.50. The molecule has 1 aliphatic heterocycles. The largest absolute Gasteiger partial charge is 0.373 e. The summed E-state index contributed by atoms with van der Waals surface area (Å²) in [4.78, 5) is 29.5. The maximum atomic E-state index is 14.4. The molecule has 3 aromatic carbocycles. The molecule has 0 saturated heterocycles. The Labute approximate surface area is 215 Å². The number of hydrogen-bond acceptors (Lipinski definition) is 3. The molecule has 2 N–H and O–H groups in total. The highest BCUT2D eigenvalue weighted by Gasteiger charge is 2.39. The predicted octanol–water partition coefficient (Wildman–Crippen LogP) is 6.04. The lowest BCUT2D eigenvalue weighted by atomic mass is 9.94. The van der Waals surface area contributed by atoms with Gasteiger partial charge in [0.15, 0.2) is 0 Å². The molecule has 0 aromatic heterocycles. The molecule has 5 rings (SSSR count). The molecule has 1 heterocycles. The van der Waals surface area contributed by atoms with Gasteiger partial charge in [-0.25, -0.2) is 4.39 Å². The zero-order chi connectivity index (χ0) is 25.1. The van der Waals surface area contributed by atoms with Crippen molar-refractivity contribution in [3.05, 3.63) is 94.8 Å². The van der Waals surface area contributed by atoms with E-state index in [1.807, 2.05) is 24.3 Å². The van der Waals surface area contributed by atoms with Gasteiger partial charge >= 0.3 is 0 Å². The van der Waals surface area contributed by atoms with Crippen LogP contribution in [0.2, 0.25) is 5.02 Å². The maximum absolute atomic E-state index is 14.4. The SMILES string of the molecule is O=C(NC1CCCCC1)C(c1ccccc1Cl)N(C(=O)C1Cc2ccccc2N1)c1cccc(F)c1. The van der Waals surface area contributed by atoms with Gasteiger partial charge in [-0.05, 0) is 48.7 Å². The number of anilines is 2. The highest BCUT2D eigenvalue weighted by Crippen LogP contribution is 2.35. The molecule has 1 saturated carbocycles. The summed E-state index contributed by atoms with van der Waals surface area (Å²) in [5.74, 6) is -1.12. The van der Waals surface area contributed by atoms with Crippen molar-refractivity contribution >= 4 is 34.8 Å². The molecule has 1 aliphatic carbocycles. The monoisotopic (exact) mass is 505 g/mol. The molecule has 0 bridgehead atoms. The first-order valence-corrected chi connectivity index (χ1v) is 12.9. The molecule has 2 atom stereocenters. The van der Waals surface area contributed by atoms with E-state index in [4.69, 9.17) is 11.6 Å². The van der Waals surface area contributed by atoms with E-state index in [0.29, 0.717) is 22.7 Å². The van der Waals surface area contributed by atoms with Crippen LogP contribution in [-0.4, -0.2) is 23.9 Å². The van der Waals surface area contributed by atoms with Crippen LogP contribution in [0.5, 0.6) is 0 Å². The Hall–Kier alpha value is -3.38. The maximum Gasteiger partial charge on any atom is 0.250 e. The first-order valence-electron chi connectivity index (χ1n) is 12.5. The van der Waals surface area contributed by atoms with E-state index < -0.39 is 17.9 Å². The number of carbonyl (C=O) groups is 2. The van der Waals surface area contributed by atoms with Crippen molar-refractivity contribution in [1.29, 1.82) is 0 Å². The van der Waals surface area contributed by atoms with E-state index in [-0.39, 0.29) is 17.9 Å². The van der Waals surface area contributed by atoms with Crippen LogP contribution >= 0.6 is 11.6 Å². The lowest BCUT2D eigenvalue weighted by molar-refractivity contribution is -0.127. The Bertz CT molecular complexity index is 1240. The summed E-state index contributed by atoms with van der Waals surface area (Å²) in [6.07, 6.45) is 5.53. The number of para-hydroxylation sites is 1. The highest BCUT2D eigenvalue weighted by molar-refractivity contribution is 6.31. The van der Waals surface area contributed by atoms with Crippen LogP contribution in [0.1, 0.15) is 49.3 Å². The molecule has 0 radical (unpaired) electrons. The van der Waals surface area contributed by atoms with Crippen LogP contribution in [0.15, 0.2) is 72.8 Å². The van der Waals surface area contributed by atoms with Gasteiger partial charge in [-0.3, -0.25) is 14.5 Å². The summed E-state index contributed by atoms with van der Waals surface area (Å²) in [7, 11) is 0. The van der Waals surface area contributed by atoms with Gasteiger partial charge in [-0.1, -0.05) is 73.3 Å². The molecular weight excluding hydrogens is 477 g/mol. The van der Waals surface area contributed by atoms with Crippen molar-refractivity contribution in [2.75, 3.05) is 10.2 Å². The van der Waals surface area contributed by atoms with Gasteiger partial charge < -0.3 is 10.6 Å². The first kappa shape index (κ1) is 24.3. The molecule has 3 aromatic rings. The topological polar surface area (TPSA) is 61.4 Å². The molecule has 0 spiro atoms. The second-order valence-electron chi connectivity index (χ2n) is 9.51. The zero-order valence-corrected chi connectivity index (χ0v) is 20.7. The minimum absolute atomic E-state index is 0.0366. The molecule has 1 fully saturated rings. The summed E-state index contributed by atoms with van der Waals surface area (Å²) in [5.41, 5.74) is 2.72. The Morgan fingerprint density at radius 3 is 2.47 bits per heavy atom. The van der Waals surface area contributed by atoms with Crippen molar-refractivity contribution in [2.24, 2.45) is 0 Å². The average molecular weight is 506 g/mol.